The molecule has 0 radical (unpaired) electrons. The van der Waals surface area contributed by atoms with Crippen LogP contribution in [0, 0.1) is 0 Å². The van der Waals surface area contributed by atoms with Crippen molar-refractivity contribution in [1.82, 2.24) is 5.32 Å². The number of furan rings is 1. The summed E-state index contributed by atoms with van der Waals surface area (Å²) in [6.45, 7) is 0.650. The van der Waals surface area contributed by atoms with Gasteiger partial charge in [0.1, 0.15) is 0 Å². The van der Waals surface area contributed by atoms with Crippen molar-refractivity contribution in [2.75, 3.05) is 13.7 Å². The van der Waals surface area contributed by atoms with Gasteiger partial charge in [0.2, 0.25) is 0 Å². The number of nitrogens with one attached hydrogen (secondary N) is 1. The lowest BCUT2D eigenvalue weighted by molar-refractivity contribution is 0.0924. The number of methoxy groups -OCH3 is 1. The third kappa shape index (κ3) is 2.51. The Morgan fingerprint density at radius 3 is 2.96 bits per heavy atom. The maximum Gasteiger partial charge on any atom is 0.287 e. The van der Waals surface area contributed by atoms with Gasteiger partial charge in [-0.2, -0.15) is 11.3 Å². The first kappa shape index (κ1) is 14.3. The molecule has 0 atom stereocenters. The van der Waals surface area contributed by atoms with Crippen molar-refractivity contribution in [3.8, 4) is 5.75 Å². The SMILES string of the molecule is COc1cccc2cc(C(=O)NCC3(c4ccsc4)CC3)oc12. The Hall–Kier alpha value is -2.27. The molecular formula is C18H17NO3S. The largest absolute Gasteiger partial charge is 0.493 e. The Kier molecular flexibility index (Phi) is 3.38. The number of benzene rings is 1. The molecule has 1 N–H and O–H groups in total. The normalized spacial score (nSPS) is 15.5. The number of hydrogen-bond donors (Lipinski definition) is 1. The van der Waals surface area contributed by atoms with Gasteiger partial charge in [0.05, 0.1) is 7.11 Å². The van der Waals surface area contributed by atoms with E-state index in [1.807, 2.05) is 18.2 Å². The number of para-hydroxylation sites is 1. The van der Waals surface area contributed by atoms with Gasteiger partial charge >= 0.3 is 0 Å². The molecule has 5 heteroatoms. The lowest BCUT2D eigenvalue weighted by atomic mass is 9.99. The average molecular weight is 327 g/mol. The molecule has 0 saturated heterocycles. The van der Waals surface area contributed by atoms with Gasteiger partial charge in [-0.15, -0.1) is 0 Å². The van der Waals surface area contributed by atoms with E-state index in [0.717, 1.165) is 18.2 Å². The minimum Gasteiger partial charge on any atom is -0.493 e. The number of thiophene rings is 1. The summed E-state index contributed by atoms with van der Waals surface area (Å²) in [5.74, 6) is 0.786. The maximum absolute atomic E-state index is 12.4. The predicted octanol–water partition coefficient (Wildman–Crippen LogP) is 3.96. The zero-order chi connectivity index (χ0) is 15.9. The van der Waals surface area contributed by atoms with Crippen LogP contribution >= 0.6 is 11.3 Å². The van der Waals surface area contributed by atoms with Crippen molar-refractivity contribution < 1.29 is 13.9 Å². The monoisotopic (exact) mass is 327 g/mol. The Morgan fingerprint density at radius 2 is 2.26 bits per heavy atom. The predicted molar refractivity (Wildman–Crippen MR) is 90.3 cm³/mol. The highest BCUT2D eigenvalue weighted by atomic mass is 32.1. The summed E-state index contributed by atoms with van der Waals surface area (Å²) in [7, 11) is 1.59. The van der Waals surface area contributed by atoms with Gasteiger partial charge in [0.15, 0.2) is 17.1 Å². The Labute approximate surface area is 138 Å². The van der Waals surface area contributed by atoms with Crippen molar-refractivity contribution in [2.45, 2.75) is 18.3 Å². The van der Waals surface area contributed by atoms with E-state index in [9.17, 15) is 4.79 Å². The Balaban J connectivity index is 1.52. The average Bonchev–Trinajstić information content (AvgIpc) is 3.02. The Morgan fingerprint density at radius 1 is 1.39 bits per heavy atom. The molecule has 0 aliphatic heterocycles. The number of rotatable bonds is 5. The molecule has 1 amide bonds. The van der Waals surface area contributed by atoms with Crippen LogP contribution in [0.2, 0.25) is 0 Å². The van der Waals surface area contributed by atoms with E-state index in [2.05, 4.69) is 22.1 Å². The van der Waals surface area contributed by atoms with Crippen LogP contribution in [0.3, 0.4) is 0 Å². The molecule has 0 unspecified atom stereocenters. The molecule has 118 valence electrons. The number of hydrogen-bond acceptors (Lipinski definition) is 4. The maximum atomic E-state index is 12.4. The molecule has 3 aromatic rings. The van der Waals surface area contributed by atoms with E-state index in [-0.39, 0.29) is 11.3 Å². The summed E-state index contributed by atoms with van der Waals surface area (Å²) in [6.07, 6.45) is 2.25. The van der Waals surface area contributed by atoms with Gasteiger partial charge in [0, 0.05) is 17.3 Å². The molecule has 1 aliphatic rings. The first-order valence-corrected chi connectivity index (χ1v) is 8.54. The topological polar surface area (TPSA) is 51.5 Å². The molecule has 23 heavy (non-hydrogen) atoms. The molecule has 1 fully saturated rings. The molecule has 1 saturated carbocycles. The van der Waals surface area contributed by atoms with Crippen LogP contribution in [-0.4, -0.2) is 19.6 Å². The number of amides is 1. The third-order valence-corrected chi connectivity index (χ3v) is 5.21. The molecule has 4 nitrogen and oxygen atoms in total. The molecule has 0 bridgehead atoms. The highest BCUT2D eigenvalue weighted by molar-refractivity contribution is 7.08. The van der Waals surface area contributed by atoms with E-state index >= 15 is 0 Å². The molecular weight excluding hydrogens is 310 g/mol. The summed E-state index contributed by atoms with van der Waals surface area (Å²) in [6, 6.07) is 9.52. The lowest BCUT2D eigenvalue weighted by Gasteiger charge is -2.14. The van der Waals surface area contributed by atoms with Crippen molar-refractivity contribution >= 4 is 28.2 Å². The van der Waals surface area contributed by atoms with Crippen molar-refractivity contribution in [3.63, 3.8) is 0 Å². The number of carbonyl (C=O) groups excluding carboxylic acids is 1. The van der Waals surface area contributed by atoms with E-state index in [0.29, 0.717) is 23.6 Å². The highest BCUT2D eigenvalue weighted by Gasteiger charge is 2.44. The van der Waals surface area contributed by atoms with Crippen molar-refractivity contribution in [3.05, 3.63) is 52.4 Å². The number of carbonyl (C=O) groups is 1. The lowest BCUT2D eigenvalue weighted by Crippen LogP contribution is -2.31. The third-order valence-electron chi connectivity index (χ3n) is 4.53. The van der Waals surface area contributed by atoms with Crippen LogP contribution in [-0.2, 0) is 5.41 Å². The fourth-order valence-corrected chi connectivity index (χ4v) is 3.71. The quantitative estimate of drug-likeness (QED) is 0.771. The van der Waals surface area contributed by atoms with Gasteiger partial charge in [-0.25, -0.2) is 0 Å². The van der Waals surface area contributed by atoms with E-state index in [1.54, 1.807) is 24.5 Å². The molecule has 0 spiro atoms. The molecule has 1 aliphatic carbocycles. The first-order chi connectivity index (χ1) is 11.2. The molecule has 2 heterocycles. The minimum atomic E-state index is -0.176. The molecule has 4 rings (SSSR count). The number of fused-ring (bicyclic) bond motifs is 1. The van der Waals surface area contributed by atoms with E-state index in [4.69, 9.17) is 9.15 Å². The summed E-state index contributed by atoms with van der Waals surface area (Å²) >= 11 is 1.70. The summed E-state index contributed by atoms with van der Waals surface area (Å²) in [5, 5.41) is 8.15. The number of ether oxygens (including phenoxy) is 1. The second-order valence-electron chi connectivity index (χ2n) is 5.96. The summed E-state index contributed by atoms with van der Waals surface area (Å²) in [5.41, 5.74) is 2.06. The zero-order valence-electron chi connectivity index (χ0n) is 12.8. The first-order valence-electron chi connectivity index (χ1n) is 7.59. The van der Waals surface area contributed by atoms with Crippen LogP contribution in [0.1, 0.15) is 29.0 Å². The van der Waals surface area contributed by atoms with Gasteiger partial charge in [-0.05, 0) is 47.4 Å². The van der Waals surface area contributed by atoms with Crippen LogP contribution in [0.5, 0.6) is 5.75 Å². The fraction of sp³-hybridized carbons (Fsp3) is 0.278. The zero-order valence-corrected chi connectivity index (χ0v) is 13.6. The van der Waals surface area contributed by atoms with Crippen LogP contribution < -0.4 is 10.1 Å². The fourth-order valence-electron chi connectivity index (χ4n) is 2.93. The highest BCUT2D eigenvalue weighted by Crippen LogP contribution is 2.48. The second kappa shape index (κ2) is 5.42. The summed E-state index contributed by atoms with van der Waals surface area (Å²) in [4.78, 5) is 12.4. The van der Waals surface area contributed by atoms with E-state index < -0.39 is 0 Å². The summed E-state index contributed by atoms with van der Waals surface area (Å²) < 4.78 is 11.0. The van der Waals surface area contributed by atoms with Gasteiger partial charge < -0.3 is 14.5 Å². The van der Waals surface area contributed by atoms with Gasteiger partial charge in [-0.3, -0.25) is 4.79 Å². The van der Waals surface area contributed by atoms with E-state index in [1.165, 1.54) is 5.56 Å². The van der Waals surface area contributed by atoms with Gasteiger partial charge in [-0.1, -0.05) is 12.1 Å². The van der Waals surface area contributed by atoms with Crippen molar-refractivity contribution in [2.24, 2.45) is 0 Å². The molecule has 2 aromatic heterocycles. The van der Waals surface area contributed by atoms with Crippen molar-refractivity contribution in [1.29, 1.82) is 0 Å². The standard InChI is InChI=1S/C18H17NO3S/c1-21-14-4-2-3-12-9-15(22-16(12)14)17(20)19-11-18(6-7-18)13-5-8-23-10-13/h2-5,8-10H,6-7,11H2,1H3,(H,19,20). The second-order valence-corrected chi connectivity index (χ2v) is 6.74. The Bertz CT molecular complexity index is 846. The van der Waals surface area contributed by atoms with Crippen LogP contribution in [0.25, 0.3) is 11.0 Å². The minimum absolute atomic E-state index is 0.124. The van der Waals surface area contributed by atoms with Gasteiger partial charge in [0.25, 0.3) is 5.91 Å². The smallest absolute Gasteiger partial charge is 0.287 e. The van der Waals surface area contributed by atoms with Crippen LogP contribution in [0.4, 0.5) is 0 Å². The molecule has 1 aromatic carbocycles. The van der Waals surface area contributed by atoms with Crippen LogP contribution in [0.15, 0.2) is 45.5 Å².